The average Bonchev–Trinajstić information content (AvgIpc) is 2.94. The number of nitrogens with one attached hydrogen (secondary N) is 3. The number of carbonyl (C=O) groups is 3. The Balaban J connectivity index is 1.81. The third kappa shape index (κ3) is 8.75. The number of amides is 3. The molecule has 3 fully saturated rings. The fraction of sp³-hybridized carbons (Fsp3) is 0.875. The van der Waals surface area contributed by atoms with Gasteiger partial charge in [0.25, 0.3) is 0 Å². The predicted molar refractivity (Wildman–Crippen MR) is 136 cm³/mol. The lowest BCUT2D eigenvalue weighted by Crippen LogP contribution is -2.67. The minimum absolute atomic E-state index is 0.274. The van der Waals surface area contributed by atoms with Gasteiger partial charge in [-0.15, -0.1) is 0 Å². The molecule has 11 N–H and O–H groups in total. The van der Waals surface area contributed by atoms with Gasteiger partial charge in [-0.05, 0) is 0 Å². The van der Waals surface area contributed by atoms with Gasteiger partial charge in [-0.2, -0.15) is 0 Å². The van der Waals surface area contributed by atoms with Gasteiger partial charge in [-0.25, -0.2) is 0 Å². The molecule has 0 aromatic rings. The molecule has 0 spiro atoms. The van der Waals surface area contributed by atoms with Crippen LogP contribution in [0.4, 0.5) is 0 Å². The fourth-order valence-electron chi connectivity index (χ4n) is 4.84. The Labute approximate surface area is 245 Å². The third-order valence-corrected chi connectivity index (χ3v) is 7.21. The van der Waals surface area contributed by atoms with Gasteiger partial charge >= 0.3 is 0 Å². The summed E-state index contributed by atoms with van der Waals surface area (Å²) in [6, 6.07) is 0. The lowest BCUT2D eigenvalue weighted by molar-refractivity contribution is -0.372. The van der Waals surface area contributed by atoms with Crippen molar-refractivity contribution in [3.8, 4) is 0 Å². The van der Waals surface area contributed by atoms with Crippen molar-refractivity contribution in [2.45, 2.75) is 113 Å². The number of hydrogen-bond donors (Lipinski definition) is 11. The van der Waals surface area contributed by atoms with E-state index >= 15 is 0 Å². The van der Waals surface area contributed by atoms with Crippen molar-refractivity contribution in [2.24, 2.45) is 0 Å². The molecule has 0 saturated carbocycles. The van der Waals surface area contributed by atoms with Gasteiger partial charge in [0, 0.05) is 40.4 Å². The van der Waals surface area contributed by atoms with Crippen LogP contribution in [0.2, 0.25) is 0 Å². The Morgan fingerprint density at radius 3 is 1.35 bits per heavy atom. The highest BCUT2D eigenvalue weighted by atomic mass is 16.7. The molecule has 19 heteroatoms. The van der Waals surface area contributed by atoms with E-state index in [0.29, 0.717) is 0 Å². The first-order valence-corrected chi connectivity index (χ1v) is 13.6. The lowest BCUT2D eigenvalue weighted by atomic mass is 9.95. The largest absolute Gasteiger partial charge is 0.388 e. The monoisotopic (exact) mass is 627 g/mol. The first kappa shape index (κ1) is 35.4. The molecule has 0 bridgehead atoms. The van der Waals surface area contributed by atoms with Crippen LogP contribution in [0.5, 0.6) is 0 Å². The minimum Gasteiger partial charge on any atom is -0.388 e. The molecule has 15 atom stereocenters. The molecule has 43 heavy (non-hydrogen) atoms. The maximum Gasteiger partial charge on any atom is 0.216 e. The molecule has 3 aliphatic heterocycles. The second-order valence-corrected chi connectivity index (χ2v) is 10.6. The van der Waals surface area contributed by atoms with E-state index in [1.54, 1.807) is 0 Å². The highest BCUT2D eigenvalue weighted by molar-refractivity contribution is 5.73. The van der Waals surface area contributed by atoms with E-state index in [2.05, 4.69) is 16.0 Å². The zero-order valence-corrected chi connectivity index (χ0v) is 23.6. The summed E-state index contributed by atoms with van der Waals surface area (Å²) in [5.74, 6) is -1.47. The molecule has 0 aromatic carbocycles. The molecule has 1 unspecified atom stereocenters. The molecular weight excluding hydrogens is 586 g/mol. The molecular formula is C24H41N3O16. The molecule has 0 aliphatic carbocycles. The smallest absolute Gasteiger partial charge is 0.216 e. The van der Waals surface area contributed by atoms with Crippen molar-refractivity contribution in [3.63, 3.8) is 0 Å². The summed E-state index contributed by atoms with van der Waals surface area (Å²) in [5, 5.41) is 91.0. The summed E-state index contributed by atoms with van der Waals surface area (Å²) in [4.78, 5) is 34.4. The molecule has 3 rings (SSSR count). The van der Waals surface area contributed by atoms with Crippen LogP contribution in [0.1, 0.15) is 20.8 Å². The van der Waals surface area contributed by atoms with Gasteiger partial charge in [0.05, 0.1) is 0 Å². The molecule has 3 aliphatic rings. The lowest BCUT2D eigenvalue weighted by Gasteiger charge is -2.48. The van der Waals surface area contributed by atoms with Crippen molar-refractivity contribution >= 4 is 17.7 Å². The molecule has 248 valence electrons. The Kier molecular flexibility index (Phi) is 12.5. The van der Waals surface area contributed by atoms with Gasteiger partial charge in [-0.1, -0.05) is 0 Å². The summed E-state index contributed by atoms with van der Waals surface area (Å²) in [7, 11) is 0. The number of carbonyl (C=O) groups excluding carboxylic acids is 3. The van der Waals surface area contributed by atoms with Crippen LogP contribution in [0.3, 0.4) is 0 Å². The fourth-order valence-corrected chi connectivity index (χ4v) is 4.84. The van der Waals surface area contributed by atoms with E-state index in [9.17, 15) is 55.2 Å². The highest BCUT2D eigenvalue weighted by Crippen LogP contribution is 2.32. The Bertz CT molecular complexity index is 962. The molecule has 3 heterocycles. The molecule has 0 aromatic heterocycles. The van der Waals surface area contributed by atoms with E-state index in [1.807, 2.05) is 0 Å². The van der Waals surface area contributed by atoms with Crippen molar-refractivity contribution in [1.29, 1.82) is 0 Å². The van der Waals surface area contributed by atoms with Crippen LogP contribution in [-0.4, -0.2) is 170 Å². The third-order valence-electron chi connectivity index (χ3n) is 7.21. The normalized spacial score (nSPS) is 43.5. The van der Waals surface area contributed by atoms with Crippen LogP contribution in [0.15, 0.2) is 0 Å². The predicted octanol–water partition coefficient (Wildman–Crippen LogP) is -7.14. The topological polar surface area (TPSA) is 295 Å². The Morgan fingerprint density at radius 1 is 0.512 bits per heavy atom. The van der Waals surface area contributed by atoms with E-state index in [4.69, 9.17) is 23.7 Å². The quantitative estimate of drug-likeness (QED) is 0.107. The second-order valence-electron chi connectivity index (χ2n) is 10.6. The van der Waals surface area contributed by atoms with Gasteiger partial charge in [-0.3, -0.25) is 14.4 Å². The van der Waals surface area contributed by atoms with Crippen molar-refractivity contribution < 1.29 is 78.9 Å². The number of hydrogen-bond acceptors (Lipinski definition) is 16. The average molecular weight is 628 g/mol. The summed E-state index contributed by atoms with van der Waals surface area (Å²) in [6.07, 6.45) is -25.1. The van der Waals surface area contributed by atoms with E-state index in [-0.39, 0.29) is 19.6 Å². The number of aliphatic hydroxyl groups is 8. The van der Waals surface area contributed by atoms with Crippen LogP contribution in [0, 0.1) is 0 Å². The second kappa shape index (κ2) is 15.3. The first-order valence-electron chi connectivity index (χ1n) is 13.6. The summed E-state index contributed by atoms with van der Waals surface area (Å²) >= 11 is 0. The molecule has 19 nitrogen and oxygen atoms in total. The van der Waals surface area contributed by atoms with E-state index in [0.717, 1.165) is 0 Å². The molecule has 3 saturated heterocycles. The number of rotatable bonds is 10. The molecule has 0 radical (unpaired) electrons. The summed E-state index contributed by atoms with van der Waals surface area (Å²) < 4.78 is 28.0. The van der Waals surface area contributed by atoms with Gasteiger partial charge in [0.2, 0.25) is 17.7 Å². The van der Waals surface area contributed by atoms with Crippen molar-refractivity contribution in [3.05, 3.63) is 0 Å². The maximum atomic E-state index is 11.7. The summed E-state index contributed by atoms with van der Waals surface area (Å²) in [6.45, 7) is 2.67. The minimum atomic E-state index is -1.94. The maximum absolute atomic E-state index is 11.7. The van der Waals surface area contributed by atoms with E-state index in [1.165, 1.54) is 20.8 Å². The van der Waals surface area contributed by atoms with E-state index < -0.39 is 110 Å². The highest BCUT2D eigenvalue weighted by Gasteiger charge is 2.53. The zero-order chi connectivity index (χ0) is 32.2. The van der Waals surface area contributed by atoms with Crippen LogP contribution in [-0.2, 0) is 38.1 Å². The first-order chi connectivity index (χ1) is 20.1. The zero-order valence-electron chi connectivity index (χ0n) is 23.6. The van der Waals surface area contributed by atoms with Crippen LogP contribution < -0.4 is 16.0 Å². The van der Waals surface area contributed by atoms with Crippen molar-refractivity contribution in [1.82, 2.24) is 16.0 Å². The standard InChI is InChI=1S/C24H41N3O16/c1-7(28)25-4-10-13(31)14(32)18(36)23(40-10)43-21-12(6-27-9(3)30)41-24(19(37)16(21)34)42-20-11(5-26-8(2)29)39-22(38)17(35)15(20)33/h10-24,31-38H,4-6H2,1-3H3,(H,25,28)(H,26,29)(H,27,30)/t10-,11-,12-,13-,14+,15-,16-,17-,18-,19-,20-,21-,22?,23+,24+/m1/s1. The van der Waals surface area contributed by atoms with Gasteiger partial charge < -0.3 is 80.5 Å². The van der Waals surface area contributed by atoms with Gasteiger partial charge in [0.1, 0.15) is 73.2 Å². The van der Waals surface area contributed by atoms with Crippen LogP contribution >= 0.6 is 0 Å². The van der Waals surface area contributed by atoms with Crippen molar-refractivity contribution in [2.75, 3.05) is 19.6 Å². The molecule has 3 amide bonds. The Hall–Kier alpha value is -2.11. The Morgan fingerprint density at radius 2 is 0.884 bits per heavy atom. The number of aliphatic hydroxyl groups excluding tert-OH is 8. The number of ether oxygens (including phenoxy) is 5. The van der Waals surface area contributed by atoms with Crippen LogP contribution in [0.25, 0.3) is 0 Å². The summed E-state index contributed by atoms with van der Waals surface area (Å²) in [5.41, 5.74) is 0. The van der Waals surface area contributed by atoms with Gasteiger partial charge in [0.15, 0.2) is 18.9 Å². The SMILES string of the molecule is CC(=O)NC[C@H]1O[C@@H](O[C@H]2[C@H](O)[C@@H](O)[C@H](O[C@H]3[C@H](O)[C@@H](O)C(O)O[C@@H]3CNC(C)=O)O[C@@H]2CNC(C)=O)[C@H](O)[C@@H](O)[C@@H]1O.